The Bertz CT molecular complexity index is 683. The molecule has 1 aliphatic carbocycles. The number of methoxy groups -OCH3 is 1. The molecular formula is C18H21N3O2. The fraction of sp³-hybridized carbons (Fsp3) is 0.444. The third-order valence-electron chi connectivity index (χ3n) is 4.40. The van der Waals surface area contributed by atoms with Crippen LogP contribution in [0.25, 0.3) is 0 Å². The van der Waals surface area contributed by atoms with Crippen molar-refractivity contribution in [3.05, 3.63) is 41.6 Å². The Morgan fingerprint density at radius 2 is 2.13 bits per heavy atom. The van der Waals surface area contributed by atoms with Crippen LogP contribution in [0.3, 0.4) is 0 Å². The van der Waals surface area contributed by atoms with Crippen molar-refractivity contribution in [3.63, 3.8) is 0 Å². The van der Waals surface area contributed by atoms with E-state index in [9.17, 15) is 0 Å². The molecular weight excluding hydrogens is 290 g/mol. The van der Waals surface area contributed by atoms with Gasteiger partial charge in [-0.15, -0.1) is 5.10 Å². The average molecular weight is 311 g/mol. The molecule has 1 aliphatic heterocycles. The van der Waals surface area contributed by atoms with Crippen LogP contribution in [0.15, 0.2) is 30.3 Å². The van der Waals surface area contributed by atoms with Gasteiger partial charge < -0.3 is 14.8 Å². The Morgan fingerprint density at radius 3 is 2.87 bits per heavy atom. The van der Waals surface area contributed by atoms with Crippen molar-refractivity contribution in [2.75, 3.05) is 19.0 Å². The van der Waals surface area contributed by atoms with E-state index in [2.05, 4.69) is 27.6 Å². The van der Waals surface area contributed by atoms with E-state index >= 15 is 0 Å². The molecule has 5 nitrogen and oxygen atoms in total. The topological polar surface area (TPSA) is 56.3 Å². The summed E-state index contributed by atoms with van der Waals surface area (Å²) >= 11 is 0. The summed E-state index contributed by atoms with van der Waals surface area (Å²) in [4.78, 5) is 0. The summed E-state index contributed by atoms with van der Waals surface area (Å²) in [5.74, 6) is 3.10. The molecule has 120 valence electrons. The molecule has 1 aromatic heterocycles. The lowest BCUT2D eigenvalue weighted by Crippen LogP contribution is -2.23. The molecule has 1 fully saturated rings. The first kappa shape index (κ1) is 14.3. The zero-order chi connectivity index (χ0) is 15.6. The zero-order valence-corrected chi connectivity index (χ0v) is 13.3. The summed E-state index contributed by atoms with van der Waals surface area (Å²) in [5.41, 5.74) is 2.26. The third kappa shape index (κ3) is 3.38. The molecule has 0 bridgehead atoms. The lowest BCUT2D eigenvalue weighted by molar-refractivity contribution is 0.219. The zero-order valence-electron chi connectivity index (χ0n) is 13.3. The van der Waals surface area contributed by atoms with Crippen molar-refractivity contribution in [1.29, 1.82) is 0 Å². The molecule has 1 aromatic carbocycles. The molecule has 0 unspecified atom stereocenters. The van der Waals surface area contributed by atoms with E-state index in [0.717, 1.165) is 35.9 Å². The summed E-state index contributed by atoms with van der Waals surface area (Å²) in [7, 11) is 1.67. The van der Waals surface area contributed by atoms with E-state index in [0.29, 0.717) is 18.6 Å². The molecule has 0 radical (unpaired) electrons. The highest BCUT2D eigenvalue weighted by molar-refractivity contribution is 5.42. The minimum atomic E-state index is 0.437. The lowest BCUT2D eigenvalue weighted by atomic mass is 9.92. The Kier molecular flexibility index (Phi) is 3.77. The first-order valence-electron chi connectivity index (χ1n) is 8.19. The van der Waals surface area contributed by atoms with Crippen molar-refractivity contribution in [3.8, 4) is 11.5 Å². The molecule has 4 rings (SSSR count). The largest absolute Gasteiger partial charge is 0.497 e. The maximum Gasteiger partial charge on any atom is 0.148 e. The van der Waals surface area contributed by atoms with Crippen molar-refractivity contribution in [2.45, 2.75) is 31.7 Å². The minimum absolute atomic E-state index is 0.437. The van der Waals surface area contributed by atoms with Gasteiger partial charge in [-0.2, -0.15) is 5.10 Å². The highest BCUT2D eigenvalue weighted by Crippen LogP contribution is 2.32. The minimum Gasteiger partial charge on any atom is -0.497 e. The van der Waals surface area contributed by atoms with Gasteiger partial charge in [0.25, 0.3) is 0 Å². The molecule has 23 heavy (non-hydrogen) atoms. The number of hydrogen-bond acceptors (Lipinski definition) is 5. The van der Waals surface area contributed by atoms with E-state index in [1.54, 1.807) is 7.11 Å². The smallest absolute Gasteiger partial charge is 0.148 e. The summed E-state index contributed by atoms with van der Waals surface area (Å²) < 4.78 is 11.1. The second-order valence-electron chi connectivity index (χ2n) is 6.39. The monoisotopic (exact) mass is 311 g/mol. The normalized spacial score (nSPS) is 19.6. The molecule has 0 saturated heterocycles. The quantitative estimate of drug-likeness (QED) is 0.920. The number of rotatable bonds is 5. The second-order valence-corrected chi connectivity index (χ2v) is 6.39. The number of anilines is 1. The standard InChI is InChI=1S/C18H21N3O2/c1-22-16-6-2-13-8-12(11-23-17(13)10-16)9-15-5-7-18(21-20-15)19-14-3-4-14/h2,5-7,10,12,14H,3-4,8-9,11H2,1H3,(H,19,21)/t12-/m1/s1. The van der Waals surface area contributed by atoms with Crippen molar-refractivity contribution in [1.82, 2.24) is 10.2 Å². The van der Waals surface area contributed by atoms with Crippen LogP contribution in [0.4, 0.5) is 5.82 Å². The van der Waals surface area contributed by atoms with Crippen LogP contribution < -0.4 is 14.8 Å². The number of nitrogens with zero attached hydrogens (tertiary/aromatic N) is 2. The van der Waals surface area contributed by atoms with Gasteiger partial charge in [-0.25, -0.2) is 0 Å². The van der Waals surface area contributed by atoms with Gasteiger partial charge in [0.05, 0.1) is 19.4 Å². The fourth-order valence-corrected chi connectivity index (χ4v) is 2.95. The van der Waals surface area contributed by atoms with Crippen LogP contribution in [0.1, 0.15) is 24.1 Å². The van der Waals surface area contributed by atoms with Crippen LogP contribution in [-0.4, -0.2) is 30.0 Å². The van der Waals surface area contributed by atoms with Gasteiger partial charge in [-0.3, -0.25) is 0 Å². The van der Waals surface area contributed by atoms with Crippen molar-refractivity contribution >= 4 is 5.82 Å². The van der Waals surface area contributed by atoms with Crippen LogP contribution in [0, 0.1) is 5.92 Å². The second kappa shape index (κ2) is 6.07. The van der Waals surface area contributed by atoms with Crippen LogP contribution in [-0.2, 0) is 12.8 Å². The number of nitrogens with one attached hydrogen (secondary N) is 1. The highest BCUT2D eigenvalue weighted by atomic mass is 16.5. The van der Waals surface area contributed by atoms with E-state index in [4.69, 9.17) is 9.47 Å². The Labute approximate surface area is 136 Å². The number of fused-ring (bicyclic) bond motifs is 1. The van der Waals surface area contributed by atoms with Gasteiger partial charge in [0, 0.05) is 18.0 Å². The fourth-order valence-electron chi connectivity index (χ4n) is 2.95. The number of aromatic nitrogens is 2. The molecule has 1 saturated carbocycles. The average Bonchev–Trinajstić information content (AvgIpc) is 3.40. The molecule has 2 aromatic rings. The summed E-state index contributed by atoms with van der Waals surface area (Å²) in [6.07, 6.45) is 4.38. The Morgan fingerprint density at radius 1 is 1.22 bits per heavy atom. The van der Waals surface area contributed by atoms with E-state index in [1.807, 2.05) is 18.2 Å². The van der Waals surface area contributed by atoms with Gasteiger partial charge in [-0.05, 0) is 49.4 Å². The first-order valence-corrected chi connectivity index (χ1v) is 8.19. The first-order chi connectivity index (χ1) is 11.3. The van der Waals surface area contributed by atoms with Gasteiger partial charge >= 0.3 is 0 Å². The number of ether oxygens (including phenoxy) is 2. The molecule has 1 atom stereocenters. The number of hydrogen-bond donors (Lipinski definition) is 1. The van der Waals surface area contributed by atoms with Gasteiger partial charge in [0.15, 0.2) is 0 Å². The van der Waals surface area contributed by atoms with E-state index in [-0.39, 0.29) is 0 Å². The SMILES string of the molecule is COc1ccc2c(c1)OC[C@@H](Cc1ccc(NC3CC3)nn1)C2. The van der Waals surface area contributed by atoms with Gasteiger partial charge in [-0.1, -0.05) is 6.07 Å². The molecule has 2 aliphatic rings. The van der Waals surface area contributed by atoms with Crippen molar-refractivity contribution < 1.29 is 9.47 Å². The summed E-state index contributed by atoms with van der Waals surface area (Å²) in [5, 5.41) is 12.0. The van der Waals surface area contributed by atoms with Crippen molar-refractivity contribution in [2.24, 2.45) is 5.92 Å². The summed E-state index contributed by atoms with van der Waals surface area (Å²) in [6, 6.07) is 10.8. The maximum absolute atomic E-state index is 5.89. The predicted octanol–water partition coefficient (Wildman–Crippen LogP) is 2.85. The number of benzene rings is 1. The maximum atomic E-state index is 5.89. The molecule has 0 amide bonds. The van der Waals surface area contributed by atoms with Gasteiger partial charge in [0.2, 0.25) is 0 Å². The van der Waals surface area contributed by atoms with Crippen LogP contribution >= 0.6 is 0 Å². The summed E-state index contributed by atoms with van der Waals surface area (Å²) in [6.45, 7) is 0.712. The molecule has 1 N–H and O–H groups in total. The van der Waals surface area contributed by atoms with Crippen LogP contribution in [0.2, 0.25) is 0 Å². The highest BCUT2D eigenvalue weighted by Gasteiger charge is 2.23. The third-order valence-corrected chi connectivity index (χ3v) is 4.40. The van der Waals surface area contributed by atoms with Gasteiger partial charge in [0.1, 0.15) is 17.3 Å². The Hall–Kier alpha value is -2.30. The lowest BCUT2D eigenvalue weighted by Gasteiger charge is -2.25. The predicted molar refractivity (Wildman–Crippen MR) is 88.1 cm³/mol. The van der Waals surface area contributed by atoms with E-state index in [1.165, 1.54) is 18.4 Å². The molecule has 0 spiro atoms. The van der Waals surface area contributed by atoms with Crippen LogP contribution in [0.5, 0.6) is 11.5 Å². The molecule has 5 heteroatoms. The molecule has 2 heterocycles. The Balaban J connectivity index is 1.39. The van der Waals surface area contributed by atoms with E-state index < -0.39 is 0 Å².